The molecule has 1 nitrogen and oxygen atoms in total. The minimum Gasteiger partial charge on any atom is -0.232 e. The third-order valence-corrected chi connectivity index (χ3v) is 3.04. The van der Waals surface area contributed by atoms with E-state index in [1.54, 1.807) is 0 Å². The van der Waals surface area contributed by atoms with E-state index in [0.717, 1.165) is 13.0 Å². The predicted octanol–water partition coefficient (Wildman–Crippen LogP) is 5.09. The third kappa shape index (κ3) is 12.0. The van der Waals surface area contributed by atoms with Gasteiger partial charge in [-0.05, 0) is 26.7 Å². The zero-order chi connectivity index (χ0) is 13.0. The van der Waals surface area contributed by atoms with Crippen LogP contribution in [0.25, 0.3) is 0 Å². The van der Waals surface area contributed by atoms with Crippen molar-refractivity contribution in [3.63, 3.8) is 0 Å². The van der Waals surface area contributed by atoms with Crippen LogP contribution in [0.15, 0.2) is 12.2 Å². The maximum absolute atomic E-state index is 4.74. The Morgan fingerprint density at radius 2 is 1.47 bits per heavy atom. The number of hydrogen-bond donors (Lipinski definition) is 0. The van der Waals surface area contributed by atoms with E-state index in [1.165, 1.54) is 44.9 Å². The molecule has 0 fully saturated rings. The van der Waals surface area contributed by atoms with Gasteiger partial charge in [0.25, 0.3) is 0 Å². The Kier molecular flexibility index (Phi) is 10.6. The maximum atomic E-state index is 4.74. The molecule has 0 atom stereocenters. The molecule has 0 aliphatic rings. The zero-order valence-corrected chi connectivity index (χ0v) is 12.5. The lowest BCUT2D eigenvalue weighted by Gasteiger charge is -2.20. The summed E-state index contributed by atoms with van der Waals surface area (Å²) in [5.41, 5.74) is 0.0399. The fourth-order valence-corrected chi connectivity index (χ4v) is 1.90. The maximum Gasteiger partial charge on any atom is 0.0479 e. The molecule has 101 valence electrons. The molecule has 1 heteroatoms. The Balaban J connectivity index is 3.35. The van der Waals surface area contributed by atoms with E-state index in [2.05, 4.69) is 39.8 Å². The highest BCUT2D eigenvalue weighted by molar-refractivity contribution is 5.00. The van der Waals surface area contributed by atoms with Crippen molar-refractivity contribution < 1.29 is 0 Å². The van der Waals surface area contributed by atoms with Crippen LogP contribution >= 0.6 is 0 Å². The first-order valence-electron chi connectivity index (χ1n) is 7.48. The lowest BCUT2D eigenvalue weighted by atomic mass is 10.0. The molecule has 0 spiro atoms. The van der Waals surface area contributed by atoms with Gasteiger partial charge in [0.05, 0.1) is 0 Å². The Bertz CT molecular complexity index is 182. The van der Waals surface area contributed by atoms with Crippen LogP contribution in [0.4, 0.5) is 0 Å². The molecule has 0 aromatic carbocycles. The van der Waals surface area contributed by atoms with Gasteiger partial charge in [0, 0.05) is 12.1 Å². The summed E-state index contributed by atoms with van der Waals surface area (Å²) in [7, 11) is 0. The number of allylic oxidation sites excluding steroid dienone is 1. The summed E-state index contributed by atoms with van der Waals surface area (Å²) >= 11 is 0. The third-order valence-electron chi connectivity index (χ3n) is 3.04. The average molecular weight is 238 g/mol. The van der Waals surface area contributed by atoms with Crippen molar-refractivity contribution in [2.24, 2.45) is 0 Å². The Hall–Kier alpha value is -0.300. The van der Waals surface area contributed by atoms with E-state index in [0.29, 0.717) is 0 Å². The molecule has 0 rings (SSSR count). The summed E-state index contributed by atoms with van der Waals surface area (Å²) in [4.78, 5) is 0. The Morgan fingerprint density at radius 3 is 2.06 bits per heavy atom. The van der Waals surface area contributed by atoms with Crippen molar-refractivity contribution in [2.75, 3.05) is 6.54 Å². The first-order valence-corrected chi connectivity index (χ1v) is 7.48. The van der Waals surface area contributed by atoms with Gasteiger partial charge in [-0.15, -0.1) is 0 Å². The van der Waals surface area contributed by atoms with Crippen molar-refractivity contribution in [1.82, 2.24) is 5.32 Å². The quantitative estimate of drug-likeness (QED) is 0.352. The lowest BCUT2D eigenvalue weighted by Crippen LogP contribution is -2.31. The predicted molar refractivity (Wildman–Crippen MR) is 78.5 cm³/mol. The number of unbranched alkanes of at least 4 members (excludes halogenated alkanes) is 6. The lowest BCUT2D eigenvalue weighted by molar-refractivity contribution is 0.446. The second-order valence-electron chi connectivity index (χ2n) is 5.47. The molecule has 0 aliphatic heterocycles. The Labute approximate surface area is 109 Å². The fraction of sp³-hybridized carbons (Fsp3) is 0.875. The highest BCUT2D eigenvalue weighted by Gasteiger charge is 2.12. The van der Waals surface area contributed by atoms with E-state index >= 15 is 0 Å². The van der Waals surface area contributed by atoms with E-state index in [9.17, 15) is 0 Å². The van der Waals surface area contributed by atoms with Crippen LogP contribution in [0.2, 0.25) is 0 Å². The summed E-state index contributed by atoms with van der Waals surface area (Å²) in [5, 5.41) is 4.74. The van der Waals surface area contributed by atoms with Crippen LogP contribution in [-0.2, 0) is 0 Å². The van der Waals surface area contributed by atoms with Gasteiger partial charge in [0.2, 0.25) is 0 Å². The highest BCUT2D eigenvalue weighted by Crippen LogP contribution is 2.09. The molecule has 0 aromatic heterocycles. The van der Waals surface area contributed by atoms with Crippen LogP contribution in [0.5, 0.6) is 0 Å². The van der Waals surface area contributed by atoms with Crippen molar-refractivity contribution in [2.45, 2.75) is 84.6 Å². The summed E-state index contributed by atoms with van der Waals surface area (Å²) in [6.45, 7) is 9.85. The van der Waals surface area contributed by atoms with Crippen LogP contribution in [0.1, 0.15) is 79.1 Å². The standard InChI is InChI=1S/C16H32N/c1-5-7-9-10-11-12-13-15-17-16(3,4)14-8-6-2/h8,14H,5-7,9-13,15H2,1-4H3. The molecule has 0 aliphatic carbocycles. The monoisotopic (exact) mass is 238 g/mol. The summed E-state index contributed by atoms with van der Waals surface area (Å²) < 4.78 is 0. The highest BCUT2D eigenvalue weighted by atomic mass is 14.9. The van der Waals surface area contributed by atoms with Gasteiger partial charge < -0.3 is 0 Å². The molecule has 1 radical (unpaired) electrons. The smallest absolute Gasteiger partial charge is 0.0479 e. The molecular weight excluding hydrogens is 206 g/mol. The molecule has 0 unspecified atom stereocenters. The van der Waals surface area contributed by atoms with Crippen molar-refractivity contribution in [1.29, 1.82) is 0 Å². The van der Waals surface area contributed by atoms with Crippen molar-refractivity contribution in [3.05, 3.63) is 12.2 Å². The first kappa shape index (κ1) is 16.7. The first-order chi connectivity index (χ1) is 8.12. The number of rotatable bonds is 11. The number of hydrogen-bond acceptors (Lipinski definition) is 0. The van der Waals surface area contributed by atoms with Crippen LogP contribution in [-0.4, -0.2) is 12.1 Å². The van der Waals surface area contributed by atoms with Crippen LogP contribution < -0.4 is 5.32 Å². The summed E-state index contributed by atoms with van der Waals surface area (Å²) in [5.74, 6) is 0. The van der Waals surface area contributed by atoms with Crippen LogP contribution in [0, 0.1) is 0 Å². The van der Waals surface area contributed by atoms with Gasteiger partial charge >= 0.3 is 0 Å². The van der Waals surface area contributed by atoms with Gasteiger partial charge in [-0.2, -0.15) is 0 Å². The molecular formula is C16H32N. The molecule has 0 saturated heterocycles. The second kappa shape index (κ2) is 10.8. The fourth-order valence-electron chi connectivity index (χ4n) is 1.90. The minimum absolute atomic E-state index is 0.0399. The molecule has 0 saturated carbocycles. The molecule has 0 amide bonds. The Morgan fingerprint density at radius 1 is 0.882 bits per heavy atom. The van der Waals surface area contributed by atoms with E-state index in [-0.39, 0.29) is 5.54 Å². The van der Waals surface area contributed by atoms with Crippen molar-refractivity contribution in [3.8, 4) is 0 Å². The van der Waals surface area contributed by atoms with Gasteiger partial charge in [0.1, 0.15) is 0 Å². The summed E-state index contributed by atoms with van der Waals surface area (Å²) in [6.07, 6.45) is 15.1. The van der Waals surface area contributed by atoms with E-state index in [4.69, 9.17) is 5.32 Å². The normalized spacial score (nSPS) is 12.5. The molecule has 0 bridgehead atoms. The van der Waals surface area contributed by atoms with E-state index in [1.807, 2.05) is 0 Å². The molecule has 0 N–H and O–H groups in total. The van der Waals surface area contributed by atoms with Gasteiger partial charge in [-0.25, -0.2) is 5.32 Å². The zero-order valence-electron chi connectivity index (χ0n) is 12.5. The van der Waals surface area contributed by atoms with Crippen LogP contribution in [0.3, 0.4) is 0 Å². The van der Waals surface area contributed by atoms with Gasteiger partial charge in [0.15, 0.2) is 0 Å². The average Bonchev–Trinajstić information content (AvgIpc) is 2.30. The van der Waals surface area contributed by atoms with Gasteiger partial charge in [-0.3, -0.25) is 0 Å². The molecule has 0 aromatic rings. The van der Waals surface area contributed by atoms with Crippen molar-refractivity contribution >= 4 is 0 Å². The molecule has 17 heavy (non-hydrogen) atoms. The number of nitrogens with zero attached hydrogens (tertiary/aromatic N) is 1. The topological polar surface area (TPSA) is 14.1 Å². The second-order valence-corrected chi connectivity index (χ2v) is 5.47. The summed E-state index contributed by atoms with van der Waals surface area (Å²) in [6, 6.07) is 0. The van der Waals surface area contributed by atoms with Gasteiger partial charge in [-0.1, -0.05) is 64.5 Å². The largest absolute Gasteiger partial charge is 0.232 e. The van der Waals surface area contributed by atoms with E-state index < -0.39 is 0 Å². The molecule has 0 heterocycles. The minimum atomic E-state index is 0.0399. The SMILES string of the molecule is CCC=CC(C)(C)[N]CCCCCCCCC.